The summed E-state index contributed by atoms with van der Waals surface area (Å²) in [4.78, 5) is 24.1. The van der Waals surface area contributed by atoms with E-state index in [1.807, 2.05) is 0 Å². The van der Waals surface area contributed by atoms with Gasteiger partial charge in [-0.05, 0) is 24.6 Å². The fourth-order valence-electron chi connectivity index (χ4n) is 2.79. The molecule has 2 N–H and O–H groups in total. The highest BCUT2D eigenvalue weighted by atomic mass is 19.4. The molecule has 1 aromatic rings. The fourth-order valence-corrected chi connectivity index (χ4v) is 2.79. The van der Waals surface area contributed by atoms with E-state index in [1.54, 1.807) is 0 Å². The Labute approximate surface area is 144 Å². The number of nitrogens with one attached hydrogen (secondary N) is 1. The van der Waals surface area contributed by atoms with E-state index in [-0.39, 0.29) is 17.1 Å². The zero-order valence-corrected chi connectivity index (χ0v) is 13.6. The average Bonchev–Trinajstić information content (AvgIpc) is 2.54. The SMILES string of the molecule is CCOC(=O)[C@H]1[C@H](c2ccc(F)c(F)c2)NC(=O)N(C)[C@@]1(O)C(F)(F)F. The Morgan fingerprint density at radius 1 is 1.35 bits per heavy atom. The maximum atomic E-state index is 13.6. The first kappa shape index (κ1) is 19.9. The second-order valence-corrected chi connectivity index (χ2v) is 5.61. The molecule has 0 aliphatic carbocycles. The highest BCUT2D eigenvalue weighted by molar-refractivity contribution is 5.83. The van der Waals surface area contributed by atoms with Crippen molar-refractivity contribution in [2.24, 2.45) is 5.92 Å². The second-order valence-electron chi connectivity index (χ2n) is 5.61. The molecule has 3 atom stereocenters. The van der Waals surface area contributed by atoms with Gasteiger partial charge in [0.15, 0.2) is 11.6 Å². The number of rotatable bonds is 3. The number of hydrogen-bond donors (Lipinski definition) is 2. The van der Waals surface area contributed by atoms with Crippen LogP contribution in [-0.2, 0) is 9.53 Å². The summed E-state index contributed by atoms with van der Waals surface area (Å²) < 4.78 is 72.1. The molecule has 0 bridgehead atoms. The smallest absolute Gasteiger partial charge is 0.437 e. The largest absolute Gasteiger partial charge is 0.466 e. The van der Waals surface area contributed by atoms with Gasteiger partial charge >= 0.3 is 18.2 Å². The quantitative estimate of drug-likeness (QED) is 0.620. The van der Waals surface area contributed by atoms with Gasteiger partial charge in [-0.15, -0.1) is 0 Å². The highest BCUT2D eigenvalue weighted by Crippen LogP contribution is 2.46. The predicted molar refractivity (Wildman–Crippen MR) is 76.5 cm³/mol. The summed E-state index contributed by atoms with van der Waals surface area (Å²) in [5.74, 6) is -6.51. The van der Waals surface area contributed by atoms with Gasteiger partial charge in [-0.1, -0.05) is 6.07 Å². The maximum absolute atomic E-state index is 13.6. The molecule has 1 aliphatic rings. The number of esters is 1. The van der Waals surface area contributed by atoms with Crippen LogP contribution in [-0.4, -0.2) is 47.6 Å². The topological polar surface area (TPSA) is 78.9 Å². The van der Waals surface area contributed by atoms with Crippen molar-refractivity contribution in [3.8, 4) is 0 Å². The van der Waals surface area contributed by atoms with Crippen LogP contribution in [0.15, 0.2) is 18.2 Å². The van der Waals surface area contributed by atoms with Crippen molar-refractivity contribution in [2.45, 2.75) is 24.9 Å². The molecule has 0 aromatic heterocycles. The molecule has 26 heavy (non-hydrogen) atoms. The Hall–Kier alpha value is -2.43. The van der Waals surface area contributed by atoms with E-state index in [1.165, 1.54) is 6.92 Å². The van der Waals surface area contributed by atoms with Crippen molar-refractivity contribution >= 4 is 12.0 Å². The number of halogens is 5. The third-order valence-electron chi connectivity index (χ3n) is 4.12. The number of hydrogen-bond acceptors (Lipinski definition) is 4. The fraction of sp³-hybridized carbons (Fsp3) is 0.467. The van der Waals surface area contributed by atoms with Crippen LogP contribution in [0.2, 0.25) is 0 Å². The van der Waals surface area contributed by atoms with Gasteiger partial charge in [-0.25, -0.2) is 13.6 Å². The van der Waals surface area contributed by atoms with Gasteiger partial charge in [0.2, 0.25) is 0 Å². The summed E-state index contributed by atoms with van der Waals surface area (Å²) in [6, 6.07) is -1.10. The van der Waals surface area contributed by atoms with Crippen LogP contribution in [0, 0.1) is 17.6 Å². The van der Waals surface area contributed by atoms with E-state index in [2.05, 4.69) is 10.1 Å². The molecule has 1 aliphatic heterocycles. The summed E-state index contributed by atoms with van der Waals surface area (Å²) in [6.45, 7) is 1.04. The highest BCUT2D eigenvalue weighted by Gasteiger charge is 2.69. The number of amides is 2. The lowest BCUT2D eigenvalue weighted by atomic mass is 9.81. The number of urea groups is 1. The van der Waals surface area contributed by atoms with E-state index in [9.17, 15) is 36.6 Å². The Kier molecular flexibility index (Phi) is 5.13. The lowest BCUT2D eigenvalue weighted by Gasteiger charge is -2.49. The van der Waals surface area contributed by atoms with Gasteiger partial charge in [-0.2, -0.15) is 13.2 Å². The summed E-state index contributed by atoms with van der Waals surface area (Å²) in [6.07, 6.45) is -5.44. The molecule has 1 saturated heterocycles. The molecule has 11 heteroatoms. The van der Waals surface area contributed by atoms with Crippen molar-refractivity contribution in [2.75, 3.05) is 13.7 Å². The molecule has 1 aromatic carbocycles. The predicted octanol–water partition coefficient (Wildman–Crippen LogP) is 2.09. The molecular formula is C15H15F5N2O4. The van der Waals surface area contributed by atoms with Gasteiger partial charge in [0, 0.05) is 7.05 Å². The van der Waals surface area contributed by atoms with Gasteiger partial charge < -0.3 is 15.2 Å². The van der Waals surface area contributed by atoms with E-state index in [0.717, 1.165) is 6.07 Å². The number of aliphatic hydroxyl groups is 1. The molecular weight excluding hydrogens is 367 g/mol. The lowest BCUT2D eigenvalue weighted by molar-refractivity contribution is -0.328. The van der Waals surface area contributed by atoms with Crippen molar-refractivity contribution < 1.29 is 41.4 Å². The van der Waals surface area contributed by atoms with Gasteiger partial charge in [0.25, 0.3) is 5.72 Å². The molecule has 1 fully saturated rings. The number of carbonyl (C=O) groups excluding carboxylic acids is 2. The molecule has 0 radical (unpaired) electrons. The van der Waals surface area contributed by atoms with Gasteiger partial charge in [-0.3, -0.25) is 9.69 Å². The number of alkyl halides is 3. The number of nitrogens with zero attached hydrogens (tertiary/aromatic N) is 1. The lowest BCUT2D eigenvalue weighted by Crippen LogP contribution is -2.73. The molecule has 6 nitrogen and oxygen atoms in total. The van der Waals surface area contributed by atoms with E-state index >= 15 is 0 Å². The van der Waals surface area contributed by atoms with Crippen molar-refractivity contribution in [3.05, 3.63) is 35.4 Å². The summed E-state index contributed by atoms with van der Waals surface area (Å²) >= 11 is 0. The molecule has 2 amide bonds. The van der Waals surface area contributed by atoms with Crippen molar-refractivity contribution in [1.29, 1.82) is 0 Å². The Balaban J connectivity index is 2.66. The summed E-state index contributed by atoms with van der Waals surface area (Å²) in [5.41, 5.74) is -4.26. The van der Waals surface area contributed by atoms with Crippen molar-refractivity contribution in [3.63, 3.8) is 0 Å². The molecule has 1 heterocycles. The van der Waals surface area contributed by atoms with Crippen LogP contribution in [0.5, 0.6) is 0 Å². The second kappa shape index (κ2) is 6.71. The van der Waals surface area contributed by atoms with E-state index in [0.29, 0.717) is 19.2 Å². The summed E-state index contributed by atoms with van der Waals surface area (Å²) in [5, 5.41) is 12.4. The minimum atomic E-state index is -5.44. The first-order chi connectivity index (χ1) is 11.9. The molecule has 2 rings (SSSR count). The van der Waals surface area contributed by atoms with E-state index in [4.69, 9.17) is 0 Å². The van der Waals surface area contributed by atoms with Crippen LogP contribution in [0.25, 0.3) is 0 Å². The molecule has 0 spiro atoms. The van der Waals surface area contributed by atoms with Crippen LogP contribution >= 0.6 is 0 Å². The molecule has 144 valence electrons. The van der Waals surface area contributed by atoms with Crippen LogP contribution in [0.4, 0.5) is 26.7 Å². The Bertz CT molecular complexity index is 726. The normalized spacial score (nSPS) is 26.5. The first-order valence-corrected chi connectivity index (χ1v) is 7.40. The van der Waals surface area contributed by atoms with E-state index < -0.39 is 47.5 Å². The van der Waals surface area contributed by atoms with Gasteiger partial charge in [0.05, 0.1) is 12.6 Å². The van der Waals surface area contributed by atoms with Crippen molar-refractivity contribution in [1.82, 2.24) is 10.2 Å². The molecule has 0 saturated carbocycles. The molecule has 0 unspecified atom stereocenters. The number of benzene rings is 1. The van der Waals surface area contributed by atoms with Crippen LogP contribution in [0.3, 0.4) is 0 Å². The van der Waals surface area contributed by atoms with Crippen LogP contribution in [0.1, 0.15) is 18.5 Å². The summed E-state index contributed by atoms with van der Waals surface area (Å²) in [7, 11) is 0.649. The Morgan fingerprint density at radius 3 is 2.46 bits per heavy atom. The number of ether oxygens (including phenoxy) is 1. The number of carbonyl (C=O) groups is 2. The zero-order valence-electron chi connectivity index (χ0n) is 13.6. The minimum Gasteiger partial charge on any atom is -0.466 e. The van der Waals surface area contributed by atoms with Gasteiger partial charge in [0.1, 0.15) is 5.92 Å². The minimum absolute atomic E-state index is 0.0784. The Morgan fingerprint density at radius 2 is 1.96 bits per heavy atom. The zero-order chi connectivity index (χ0) is 19.9. The first-order valence-electron chi connectivity index (χ1n) is 7.40. The van der Waals surface area contributed by atoms with Crippen LogP contribution < -0.4 is 5.32 Å². The maximum Gasteiger partial charge on any atom is 0.437 e. The third kappa shape index (κ3) is 3.06. The third-order valence-corrected chi connectivity index (χ3v) is 4.12. The average molecular weight is 382 g/mol. The standard InChI is InChI=1S/C15H15F5N2O4/c1-3-26-12(23)10-11(7-4-5-8(16)9(17)6-7)21-13(24)22(2)14(10,25)15(18,19)20/h4-6,10-11,25H,3H2,1-2H3,(H,21,24)/t10-,11+,14+/m1/s1. The monoisotopic (exact) mass is 382 g/mol.